The molecule has 2 aromatic carbocycles. The quantitative estimate of drug-likeness (QED) is 0.788. The van der Waals surface area contributed by atoms with Gasteiger partial charge in [0.25, 0.3) is 0 Å². The number of amides is 1. The SMILES string of the molecule is Cc1nc2c3c(c(C(N)=O)cc2n1C)CCC(c1ccccc1)O3. The second-order valence-corrected chi connectivity index (χ2v) is 6.24. The lowest BCUT2D eigenvalue weighted by Gasteiger charge is -2.28. The molecule has 2 heterocycles. The number of fused-ring (bicyclic) bond motifs is 3. The van der Waals surface area contributed by atoms with Crippen molar-refractivity contribution in [1.82, 2.24) is 9.55 Å². The van der Waals surface area contributed by atoms with E-state index in [1.165, 1.54) is 0 Å². The minimum atomic E-state index is -0.422. The zero-order chi connectivity index (χ0) is 16.8. The van der Waals surface area contributed by atoms with E-state index in [2.05, 4.69) is 17.1 Å². The third-order valence-corrected chi connectivity index (χ3v) is 4.81. The Labute approximate surface area is 140 Å². The molecule has 0 saturated carbocycles. The number of hydrogen-bond donors (Lipinski definition) is 1. The molecular formula is C19H19N3O2. The van der Waals surface area contributed by atoms with Crippen molar-refractivity contribution in [2.45, 2.75) is 25.9 Å². The molecular weight excluding hydrogens is 302 g/mol. The summed E-state index contributed by atoms with van der Waals surface area (Å²) in [6.45, 7) is 1.94. The number of imidazole rings is 1. The maximum absolute atomic E-state index is 11.9. The molecule has 24 heavy (non-hydrogen) atoms. The summed E-state index contributed by atoms with van der Waals surface area (Å²) < 4.78 is 8.26. The number of aromatic nitrogens is 2. The van der Waals surface area contributed by atoms with Gasteiger partial charge in [-0.2, -0.15) is 0 Å². The molecule has 0 fully saturated rings. The van der Waals surface area contributed by atoms with Gasteiger partial charge in [0.1, 0.15) is 17.4 Å². The molecule has 1 aromatic heterocycles. The minimum Gasteiger partial charge on any atom is -0.483 e. The van der Waals surface area contributed by atoms with Crippen LogP contribution in [-0.4, -0.2) is 15.5 Å². The van der Waals surface area contributed by atoms with Gasteiger partial charge in [-0.3, -0.25) is 4.79 Å². The highest BCUT2D eigenvalue weighted by Gasteiger charge is 2.28. The summed E-state index contributed by atoms with van der Waals surface area (Å²) in [6, 6.07) is 12.0. The molecule has 0 spiro atoms. The third kappa shape index (κ3) is 2.16. The average Bonchev–Trinajstić information content (AvgIpc) is 2.89. The summed E-state index contributed by atoms with van der Waals surface area (Å²) in [5, 5.41) is 0. The maximum Gasteiger partial charge on any atom is 0.249 e. The van der Waals surface area contributed by atoms with E-state index in [-0.39, 0.29) is 6.10 Å². The lowest BCUT2D eigenvalue weighted by Crippen LogP contribution is -2.21. The second kappa shape index (κ2) is 5.37. The van der Waals surface area contributed by atoms with E-state index in [0.717, 1.165) is 40.8 Å². The van der Waals surface area contributed by atoms with Crippen molar-refractivity contribution in [1.29, 1.82) is 0 Å². The molecule has 2 N–H and O–H groups in total. The lowest BCUT2D eigenvalue weighted by atomic mass is 9.93. The highest BCUT2D eigenvalue weighted by atomic mass is 16.5. The Morgan fingerprint density at radius 3 is 2.79 bits per heavy atom. The third-order valence-electron chi connectivity index (χ3n) is 4.81. The first-order chi connectivity index (χ1) is 11.6. The summed E-state index contributed by atoms with van der Waals surface area (Å²) >= 11 is 0. The Morgan fingerprint density at radius 2 is 2.08 bits per heavy atom. The number of nitrogens with zero attached hydrogens (tertiary/aromatic N) is 2. The largest absolute Gasteiger partial charge is 0.483 e. The highest BCUT2D eigenvalue weighted by molar-refractivity contribution is 6.00. The van der Waals surface area contributed by atoms with Crippen LogP contribution < -0.4 is 10.5 Å². The molecule has 5 nitrogen and oxygen atoms in total. The Kier molecular flexibility index (Phi) is 3.30. The van der Waals surface area contributed by atoms with Gasteiger partial charge in [0.15, 0.2) is 5.75 Å². The van der Waals surface area contributed by atoms with E-state index in [9.17, 15) is 4.79 Å². The molecule has 0 saturated heterocycles. The van der Waals surface area contributed by atoms with E-state index in [4.69, 9.17) is 10.5 Å². The molecule has 3 aromatic rings. The standard InChI is InChI=1S/C19H19N3O2/c1-11-21-17-15(22(11)2)10-14(19(20)23)13-8-9-16(24-18(13)17)12-6-4-3-5-7-12/h3-7,10,16H,8-9H2,1-2H3,(H2,20,23). The van der Waals surface area contributed by atoms with Crippen LogP contribution in [-0.2, 0) is 13.5 Å². The van der Waals surface area contributed by atoms with E-state index < -0.39 is 5.91 Å². The number of primary amides is 1. The molecule has 4 rings (SSSR count). The Hall–Kier alpha value is -2.82. The molecule has 1 atom stereocenters. The van der Waals surface area contributed by atoms with Crippen LogP contribution in [0.3, 0.4) is 0 Å². The van der Waals surface area contributed by atoms with Crippen molar-refractivity contribution in [3.8, 4) is 5.75 Å². The minimum absolute atomic E-state index is 0.0349. The van der Waals surface area contributed by atoms with Crippen molar-refractivity contribution in [2.24, 2.45) is 12.8 Å². The van der Waals surface area contributed by atoms with Crippen molar-refractivity contribution in [3.63, 3.8) is 0 Å². The highest BCUT2D eigenvalue weighted by Crippen LogP contribution is 2.41. The maximum atomic E-state index is 11.9. The molecule has 1 unspecified atom stereocenters. The molecule has 0 aliphatic carbocycles. The van der Waals surface area contributed by atoms with E-state index >= 15 is 0 Å². The monoisotopic (exact) mass is 321 g/mol. The fourth-order valence-electron chi connectivity index (χ4n) is 3.42. The van der Waals surface area contributed by atoms with Crippen LogP contribution in [0.2, 0.25) is 0 Å². The summed E-state index contributed by atoms with van der Waals surface area (Å²) in [5.74, 6) is 1.15. The summed E-state index contributed by atoms with van der Waals surface area (Å²) in [4.78, 5) is 16.6. The van der Waals surface area contributed by atoms with Gasteiger partial charge in [-0.1, -0.05) is 30.3 Å². The molecule has 122 valence electrons. The molecule has 1 aliphatic heterocycles. The first-order valence-electron chi connectivity index (χ1n) is 8.06. The predicted octanol–water partition coefficient (Wildman–Crippen LogP) is 3.05. The van der Waals surface area contributed by atoms with Gasteiger partial charge in [-0.25, -0.2) is 4.98 Å². The molecule has 1 aliphatic rings. The van der Waals surface area contributed by atoms with Crippen LogP contribution in [0.15, 0.2) is 36.4 Å². The summed E-state index contributed by atoms with van der Waals surface area (Å²) in [5.41, 5.74) is 9.82. The van der Waals surface area contributed by atoms with Crippen LogP contribution in [0.4, 0.5) is 0 Å². The predicted molar refractivity (Wildman–Crippen MR) is 92.1 cm³/mol. The Bertz CT molecular complexity index is 944. The van der Waals surface area contributed by atoms with E-state index in [1.54, 1.807) is 0 Å². The molecule has 0 radical (unpaired) electrons. The number of rotatable bonds is 2. The van der Waals surface area contributed by atoms with Crippen molar-refractivity contribution in [2.75, 3.05) is 0 Å². The normalized spacial score (nSPS) is 16.7. The Balaban J connectivity index is 1.91. The number of nitrogens with two attached hydrogens (primary N) is 1. The fraction of sp³-hybridized carbons (Fsp3) is 0.263. The van der Waals surface area contributed by atoms with E-state index in [0.29, 0.717) is 11.3 Å². The Morgan fingerprint density at radius 1 is 1.33 bits per heavy atom. The molecule has 1 amide bonds. The van der Waals surface area contributed by atoms with Gasteiger partial charge in [0, 0.05) is 18.2 Å². The van der Waals surface area contributed by atoms with Crippen molar-refractivity contribution >= 4 is 16.9 Å². The molecule has 0 bridgehead atoms. The number of carbonyl (C=O) groups is 1. The van der Waals surface area contributed by atoms with Crippen molar-refractivity contribution < 1.29 is 9.53 Å². The van der Waals surface area contributed by atoms with Gasteiger partial charge in [-0.05, 0) is 31.4 Å². The number of ether oxygens (including phenoxy) is 1. The van der Waals surface area contributed by atoms with Gasteiger partial charge < -0.3 is 15.0 Å². The van der Waals surface area contributed by atoms with Crippen LogP contribution in [0.1, 0.15) is 39.8 Å². The molecule has 5 heteroatoms. The fourth-order valence-corrected chi connectivity index (χ4v) is 3.42. The number of aryl methyl sites for hydroxylation is 2. The number of carbonyl (C=O) groups excluding carboxylic acids is 1. The van der Waals surface area contributed by atoms with Gasteiger partial charge in [-0.15, -0.1) is 0 Å². The zero-order valence-electron chi connectivity index (χ0n) is 13.7. The van der Waals surface area contributed by atoms with Crippen LogP contribution in [0, 0.1) is 6.92 Å². The topological polar surface area (TPSA) is 70.1 Å². The first-order valence-corrected chi connectivity index (χ1v) is 8.06. The number of hydrogen-bond acceptors (Lipinski definition) is 3. The summed E-state index contributed by atoms with van der Waals surface area (Å²) in [7, 11) is 1.93. The van der Waals surface area contributed by atoms with Crippen LogP contribution in [0.25, 0.3) is 11.0 Å². The van der Waals surface area contributed by atoms with Crippen molar-refractivity contribution in [3.05, 3.63) is 58.9 Å². The van der Waals surface area contributed by atoms with Gasteiger partial charge >= 0.3 is 0 Å². The average molecular weight is 321 g/mol. The first kappa shape index (κ1) is 14.8. The van der Waals surface area contributed by atoms with Gasteiger partial charge in [0.2, 0.25) is 5.91 Å². The second-order valence-electron chi connectivity index (χ2n) is 6.24. The summed E-state index contributed by atoms with van der Waals surface area (Å²) in [6.07, 6.45) is 1.53. The number of benzene rings is 2. The zero-order valence-corrected chi connectivity index (χ0v) is 13.7. The smallest absolute Gasteiger partial charge is 0.249 e. The van der Waals surface area contributed by atoms with Crippen LogP contribution in [0.5, 0.6) is 5.75 Å². The van der Waals surface area contributed by atoms with Crippen LogP contribution >= 0.6 is 0 Å². The van der Waals surface area contributed by atoms with E-state index in [1.807, 2.05) is 42.8 Å². The van der Waals surface area contributed by atoms with Gasteiger partial charge in [0.05, 0.1) is 5.52 Å². The lowest BCUT2D eigenvalue weighted by molar-refractivity contribution is 0.0996.